The first-order chi connectivity index (χ1) is 13.8. The maximum absolute atomic E-state index is 6.05. The van der Waals surface area contributed by atoms with Gasteiger partial charge in [-0.05, 0) is 53.6 Å². The Morgan fingerprint density at radius 3 is 2.75 bits per heavy atom. The van der Waals surface area contributed by atoms with Crippen molar-refractivity contribution in [1.82, 2.24) is 10.2 Å². The van der Waals surface area contributed by atoms with Crippen molar-refractivity contribution in [3.05, 3.63) is 59.2 Å². The maximum Gasteiger partial charge on any atom is 0.119 e. The van der Waals surface area contributed by atoms with Crippen LogP contribution in [0.1, 0.15) is 29.0 Å². The number of hydrogen-bond donors (Lipinski definition) is 1. The smallest absolute Gasteiger partial charge is 0.119 e. The summed E-state index contributed by atoms with van der Waals surface area (Å²) in [5.74, 6) is 1.40. The van der Waals surface area contributed by atoms with Crippen LogP contribution in [0.2, 0.25) is 0 Å². The first kappa shape index (κ1) is 19.8. The second-order valence-corrected chi connectivity index (χ2v) is 8.35. The SMILES string of the molecule is CSc1ccc(C2CNCc3cc(OCCCN4CCOCC4)ccc32)cc1. The molecule has 1 N–H and O–H groups in total. The van der Waals surface area contributed by atoms with Crippen LogP contribution < -0.4 is 10.1 Å². The number of fused-ring (bicyclic) bond motifs is 1. The normalized spacial score (nSPS) is 20.0. The maximum atomic E-state index is 6.05. The molecular formula is C23H30N2O2S. The molecule has 1 fully saturated rings. The summed E-state index contributed by atoms with van der Waals surface area (Å²) in [6, 6.07) is 15.6. The van der Waals surface area contributed by atoms with Crippen LogP contribution in [0.3, 0.4) is 0 Å². The van der Waals surface area contributed by atoms with E-state index in [1.807, 2.05) is 0 Å². The summed E-state index contributed by atoms with van der Waals surface area (Å²) in [6.45, 7) is 7.57. The Hall–Kier alpha value is -1.53. The fourth-order valence-electron chi connectivity index (χ4n) is 4.06. The Morgan fingerprint density at radius 2 is 1.96 bits per heavy atom. The number of hydrogen-bond acceptors (Lipinski definition) is 5. The first-order valence-electron chi connectivity index (χ1n) is 10.2. The van der Waals surface area contributed by atoms with Crippen molar-refractivity contribution in [3.8, 4) is 5.75 Å². The molecule has 2 aliphatic heterocycles. The van der Waals surface area contributed by atoms with Gasteiger partial charge in [0.25, 0.3) is 0 Å². The summed E-state index contributed by atoms with van der Waals surface area (Å²) in [4.78, 5) is 3.77. The third kappa shape index (κ3) is 4.90. The van der Waals surface area contributed by atoms with Crippen molar-refractivity contribution in [3.63, 3.8) is 0 Å². The number of nitrogens with zero attached hydrogens (tertiary/aromatic N) is 1. The molecule has 2 heterocycles. The van der Waals surface area contributed by atoms with E-state index >= 15 is 0 Å². The molecule has 0 amide bonds. The van der Waals surface area contributed by atoms with E-state index in [1.54, 1.807) is 11.8 Å². The Kier molecular flexibility index (Phi) is 6.91. The fraction of sp³-hybridized carbons (Fsp3) is 0.478. The molecule has 2 aliphatic rings. The molecule has 1 atom stereocenters. The first-order valence-corrected chi connectivity index (χ1v) is 11.5. The summed E-state index contributed by atoms with van der Waals surface area (Å²) in [5, 5.41) is 3.58. The highest BCUT2D eigenvalue weighted by Gasteiger charge is 2.22. The predicted molar refractivity (Wildman–Crippen MR) is 116 cm³/mol. The topological polar surface area (TPSA) is 33.7 Å². The standard InChI is InChI=1S/C23H30N2O2S/c1-28-21-6-3-18(4-7-21)23-17-24-16-19-15-20(5-8-22(19)23)27-12-2-9-25-10-13-26-14-11-25/h3-8,15,23-24H,2,9-14,16-17H2,1H3. The molecule has 5 heteroatoms. The van der Waals surface area contributed by atoms with Gasteiger partial charge in [-0.15, -0.1) is 11.8 Å². The third-order valence-corrected chi connectivity index (χ3v) is 6.41. The van der Waals surface area contributed by atoms with Gasteiger partial charge in [0.15, 0.2) is 0 Å². The molecule has 0 aliphatic carbocycles. The lowest BCUT2D eigenvalue weighted by Crippen LogP contribution is -2.37. The number of ether oxygens (including phenoxy) is 2. The number of morpholine rings is 1. The van der Waals surface area contributed by atoms with Crippen molar-refractivity contribution in [1.29, 1.82) is 0 Å². The molecule has 0 bridgehead atoms. The number of thioether (sulfide) groups is 1. The van der Waals surface area contributed by atoms with Crippen molar-refractivity contribution in [2.45, 2.75) is 23.8 Å². The molecule has 150 valence electrons. The van der Waals surface area contributed by atoms with Gasteiger partial charge in [-0.1, -0.05) is 18.2 Å². The van der Waals surface area contributed by atoms with E-state index < -0.39 is 0 Å². The van der Waals surface area contributed by atoms with Crippen LogP contribution in [0.25, 0.3) is 0 Å². The molecule has 0 saturated carbocycles. The quantitative estimate of drug-likeness (QED) is 0.568. The second kappa shape index (κ2) is 9.79. The van der Waals surface area contributed by atoms with Crippen LogP contribution in [0.5, 0.6) is 5.75 Å². The van der Waals surface area contributed by atoms with Gasteiger partial charge in [0.1, 0.15) is 5.75 Å². The Balaban J connectivity index is 1.35. The van der Waals surface area contributed by atoms with Gasteiger partial charge in [-0.25, -0.2) is 0 Å². The summed E-state index contributed by atoms with van der Waals surface area (Å²) in [5.41, 5.74) is 4.16. The molecular weight excluding hydrogens is 368 g/mol. The zero-order valence-electron chi connectivity index (χ0n) is 16.7. The van der Waals surface area contributed by atoms with Gasteiger partial charge in [0.05, 0.1) is 19.8 Å². The average molecular weight is 399 g/mol. The van der Waals surface area contributed by atoms with Crippen LogP contribution in [-0.2, 0) is 11.3 Å². The van der Waals surface area contributed by atoms with E-state index in [-0.39, 0.29) is 0 Å². The highest BCUT2D eigenvalue weighted by atomic mass is 32.2. The van der Waals surface area contributed by atoms with Gasteiger partial charge in [0.2, 0.25) is 0 Å². The van der Waals surface area contributed by atoms with Crippen LogP contribution >= 0.6 is 11.8 Å². The van der Waals surface area contributed by atoms with E-state index in [4.69, 9.17) is 9.47 Å². The summed E-state index contributed by atoms with van der Waals surface area (Å²) in [6.07, 6.45) is 3.18. The van der Waals surface area contributed by atoms with Crippen molar-refractivity contribution < 1.29 is 9.47 Å². The van der Waals surface area contributed by atoms with Crippen LogP contribution in [0.15, 0.2) is 47.4 Å². The molecule has 28 heavy (non-hydrogen) atoms. The lowest BCUT2D eigenvalue weighted by molar-refractivity contribution is 0.0358. The van der Waals surface area contributed by atoms with Gasteiger partial charge in [-0.2, -0.15) is 0 Å². The highest BCUT2D eigenvalue weighted by Crippen LogP contribution is 2.33. The molecule has 2 aromatic carbocycles. The lowest BCUT2D eigenvalue weighted by Gasteiger charge is -2.28. The molecule has 0 radical (unpaired) electrons. The number of benzene rings is 2. The summed E-state index contributed by atoms with van der Waals surface area (Å²) < 4.78 is 11.4. The fourth-order valence-corrected chi connectivity index (χ4v) is 4.47. The zero-order valence-corrected chi connectivity index (χ0v) is 17.5. The minimum atomic E-state index is 0.412. The second-order valence-electron chi connectivity index (χ2n) is 7.47. The van der Waals surface area contributed by atoms with E-state index in [1.165, 1.54) is 21.6 Å². The van der Waals surface area contributed by atoms with Crippen LogP contribution in [0.4, 0.5) is 0 Å². The van der Waals surface area contributed by atoms with E-state index in [0.717, 1.165) is 64.7 Å². The summed E-state index contributed by atoms with van der Waals surface area (Å²) in [7, 11) is 0. The molecule has 2 aromatic rings. The average Bonchev–Trinajstić information content (AvgIpc) is 2.77. The van der Waals surface area contributed by atoms with Gasteiger partial charge < -0.3 is 14.8 Å². The number of rotatable bonds is 7. The van der Waals surface area contributed by atoms with E-state index in [9.17, 15) is 0 Å². The Morgan fingerprint density at radius 1 is 1.14 bits per heavy atom. The van der Waals surface area contributed by atoms with Crippen molar-refractivity contribution in [2.24, 2.45) is 0 Å². The number of nitrogens with one attached hydrogen (secondary N) is 1. The van der Waals surface area contributed by atoms with Crippen LogP contribution in [0, 0.1) is 0 Å². The van der Waals surface area contributed by atoms with Gasteiger partial charge >= 0.3 is 0 Å². The van der Waals surface area contributed by atoms with E-state index in [2.05, 4.69) is 58.9 Å². The minimum Gasteiger partial charge on any atom is -0.494 e. The highest BCUT2D eigenvalue weighted by molar-refractivity contribution is 7.98. The molecule has 4 rings (SSSR count). The van der Waals surface area contributed by atoms with Crippen LogP contribution in [-0.4, -0.2) is 57.2 Å². The van der Waals surface area contributed by atoms with Gasteiger partial charge in [0, 0.05) is 43.5 Å². The molecule has 0 spiro atoms. The zero-order chi connectivity index (χ0) is 19.2. The predicted octanol–water partition coefficient (Wildman–Crippen LogP) is 3.74. The Bertz CT molecular complexity index is 760. The molecule has 1 saturated heterocycles. The summed E-state index contributed by atoms with van der Waals surface area (Å²) >= 11 is 1.79. The monoisotopic (exact) mass is 398 g/mol. The van der Waals surface area contributed by atoms with Crippen molar-refractivity contribution >= 4 is 11.8 Å². The van der Waals surface area contributed by atoms with Gasteiger partial charge in [-0.3, -0.25) is 4.90 Å². The largest absolute Gasteiger partial charge is 0.494 e. The molecule has 1 unspecified atom stereocenters. The molecule has 0 aromatic heterocycles. The minimum absolute atomic E-state index is 0.412. The third-order valence-electron chi connectivity index (χ3n) is 5.66. The van der Waals surface area contributed by atoms with Crippen molar-refractivity contribution in [2.75, 3.05) is 52.3 Å². The molecule has 4 nitrogen and oxygen atoms in total. The van der Waals surface area contributed by atoms with E-state index in [0.29, 0.717) is 5.92 Å². The lowest BCUT2D eigenvalue weighted by atomic mass is 9.85. The Labute approximate surface area is 172 Å².